The van der Waals surface area contributed by atoms with Crippen LogP contribution in [-0.4, -0.2) is 31.1 Å². The molecule has 0 spiro atoms. The lowest BCUT2D eigenvalue weighted by Crippen LogP contribution is -2.42. The lowest BCUT2D eigenvalue weighted by atomic mass is 9.82. The molecule has 1 aromatic heterocycles. The Morgan fingerprint density at radius 3 is 2.70 bits per heavy atom. The smallest absolute Gasteiger partial charge is 0.416 e. The highest BCUT2D eigenvalue weighted by Gasteiger charge is 2.34. The van der Waals surface area contributed by atoms with E-state index in [1.54, 1.807) is 17.4 Å². The van der Waals surface area contributed by atoms with Crippen LogP contribution in [0.2, 0.25) is 0 Å². The molecule has 1 aliphatic heterocycles. The van der Waals surface area contributed by atoms with Gasteiger partial charge in [0.05, 0.1) is 12.2 Å². The SMILES string of the molecule is FC(F)(F)c1cccc(OCC2CN(CC3CC3)CCC2c2ccsc2)c1. The summed E-state index contributed by atoms with van der Waals surface area (Å²) in [5, 5.41) is 4.29. The average Bonchev–Trinajstić information content (AvgIpc) is 3.29. The summed E-state index contributed by atoms with van der Waals surface area (Å²) in [4.78, 5) is 2.51. The van der Waals surface area contributed by atoms with E-state index in [0.717, 1.165) is 44.1 Å². The molecule has 1 saturated heterocycles. The van der Waals surface area contributed by atoms with E-state index in [0.29, 0.717) is 24.2 Å². The number of halogens is 3. The van der Waals surface area contributed by atoms with Crippen molar-refractivity contribution >= 4 is 11.3 Å². The predicted molar refractivity (Wildman–Crippen MR) is 101 cm³/mol. The van der Waals surface area contributed by atoms with Crippen molar-refractivity contribution < 1.29 is 17.9 Å². The maximum atomic E-state index is 12.9. The highest BCUT2D eigenvalue weighted by molar-refractivity contribution is 7.07. The minimum Gasteiger partial charge on any atom is -0.493 e. The highest BCUT2D eigenvalue weighted by Crippen LogP contribution is 2.37. The largest absolute Gasteiger partial charge is 0.493 e. The summed E-state index contributed by atoms with van der Waals surface area (Å²) in [5.74, 6) is 1.85. The van der Waals surface area contributed by atoms with Gasteiger partial charge in [0.25, 0.3) is 0 Å². The molecule has 2 unspecified atom stereocenters. The molecule has 2 heterocycles. The summed E-state index contributed by atoms with van der Waals surface area (Å²) < 4.78 is 44.6. The van der Waals surface area contributed by atoms with E-state index in [1.165, 1.54) is 24.5 Å². The zero-order valence-corrected chi connectivity index (χ0v) is 15.9. The summed E-state index contributed by atoms with van der Waals surface area (Å²) in [6.07, 6.45) is -0.601. The Morgan fingerprint density at radius 2 is 2.00 bits per heavy atom. The van der Waals surface area contributed by atoms with Gasteiger partial charge in [0.1, 0.15) is 5.75 Å². The van der Waals surface area contributed by atoms with Gasteiger partial charge in [-0.1, -0.05) is 6.07 Å². The van der Waals surface area contributed by atoms with Crippen LogP contribution in [0, 0.1) is 11.8 Å². The second-order valence-electron chi connectivity index (χ2n) is 7.75. The lowest BCUT2D eigenvalue weighted by molar-refractivity contribution is -0.137. The van der Waals surface area contributed by atoms with E-state index >= 15 is 0 Å². The quantitative estimate of drug-likeness (QED) is 0.626. The number of ether oxygens (including phenoxy) is 1. The zero-order valence-electron chi connectivity index (χ0n) is 15.1. The monoisotopic (exact) mass is 395 g/mol. The van der Waals surface area contributed by atoms with Gasteiger partial charge < -0.3 is 9.64 Å². The van der Waals surface area contributed by atoms with Gasteiger partial charge in [-0.05, 0) is 78.2 Å². The summed E-state index contributed by atoms with van der Waals surface area (Å²) in [6, 6.07) is 7.38. The first-order valence-electron chi connectivity index (χ1n) is 9.53. The van der Waals surface area contributed by atoms with Crippen LogP contribution in [0.3, 0.4) is 0 Å². The van der Waals surface area contributed by atoms with E-state index in [1.807, 2.05) is 0 Å². The van der Waals surface area contributed by atoms with Gasteiger partial charge in [0.2, 0.25) is 0 Å². The third-order valence-electron chi connectivity index (χ3n) is 5.63. The molecular formula is C21H24F3NOS. The van der Waals surface area contributed by atoms with Crippen LogP contribution in [0.25, 0.3) is 0 Å². The number of hydrogen-bond acceptors (Lipinski definition) is 3. The molecule has 146 valence electrons. The molecule has 4 rings (SSSR count). The Kier molecular flexibility index (Phi) is 5.46. The maximum absolute atomic E-state index is 12.9. The van der Waals surface area contributed by atoms with Crippen LogP contribution in [0.1, 0.15) is 36.3 Å². The van der Waals surface area contributed by atoms with Crippen molar-refractivity contribution in [2.45, 2.75) is 31.4 Å². The molecule has 2 nitrogen and oxygen atoms in total. The molecule has 1 aliphatic carbocycles. The maximum Gasteiger partial charge on any atom is 0.416 e. The van der Waals surface area contributed by atoms with Crippen molar-refractivity contribution in [1.29, 1.82) is 0 Å². The summed E-state index contributed by atoms with van der Waals surface area (Å²) >= 11 is 1.70. The van der Waals surface area contributed by atoms with Crippen molar-refractivity contribution in [3.05, 3.63) is 52.2 Å². The molecule has 0 N–H and O–H groups in total. The van der Waals surface area contributed by atoms with Crippen LogP contribution < -0.4 is 4.74 Å². The minimum atomic E-state index is -4.34. The van der Waals surface area contributed by atoms with Gasteiger partial charge in [-0.2, -0.15) is 24.5 Å². The summed E-state index contributed by atoms with van der Waals surface area (Å²) in [7, 11) is 0. The number of rotatable bonds is 6. The second-order valence-corrected chi connectivity index (χ2v) is 8.53. The summed E-state index contributed by atoms with van der Waals surface area (Å²) in [6.45, 7) is 3.65. The van der Waals surface area contributed by atoms with E-state index in [2.05, 4.69) is 21.7 Å². The highest BCUT2D eigenvalue weighted by atomic mass is 32.1. The topological polar surface area (TPSA) is 12.5 Å². The molecule has 6 heteroatoms. The Labute approximate surface area is 162 Å². The molecule has 0 radical (unpaired) electrons. The fraction of sp³-hybridized carbons (Fsp3) is 0.524. The average molecular weight is 395 g/mol. The molecule has 0 amide bonds. The van der Waals surface area contributed by atoms with Gasteiger partial charge in [-0.3, -0.25) is 0 Å². The van der Waals surface area contributed by atoms with Crippen LogP contribution in [0.15, 0.2) is 41.1 Å². The third kappa shape index (κ3) is 4.85. The molecule has 2 aromatic rings. The standard InChI is InChI=1S/C21H24F3NOS/c22-21(23,24)18-2-1-3-19(10-18)26-13-17-12-25(11-15-4-5-15)8-6-20(17)16-7-9-27-14-16/h1-3,7,9-10,14-15,17,20H,4-6,8,11-13H2. The fourth-order valence-electron chi connectivity index (χ4n) is 4.00. The van der Waals surface area contributed by atoms with E-state index in [-0.39, 0.29) is 0 Å². The zero-order chi connectivity index (χ0) is 18.9. The Morgan fingerprint density at radius 1 is 1.15 bits per heavy atom. The van der Waals surface area contributed by atoms with Crippen molar-refractivity contribution in [2.75, 3.05) is 26.2 Å². The number of thiophene rings is 1. The summed E-state index contributed by atoms with van der Waals surface area (Å²) in [5.41, 5.74) is 0.678. The van der Waals surface area contributed by atoms with Crippen molar-refractivity contribution in [3.8, 4) is 5.75 Å². The number of likely N-dealkylation sites (tertiary alicyclic amines) is 1. The third-order valence-corrected chi connectivity index (χ3v) is 6.33. The second kappa shape index (κ2) is 7.84. The van der Waals surface area contributed by atoms with Gasteiger partial charge >= 0.3 is 6.18 Å². The van der Waals surface area contributed by atoms with Gasteiger partial charge in [0.15, 0.2) is 0 Å². The lowest BCUT2D eigenvalue weighted by Gasteiger charge is -2.38. The molecule has 0 bridgehead atoms. The van der Waals surface area contributed by atoms with Gasteiger partial charge in [0, 0.05) is 19.0 Å². The number of nitrogens with zero attached hydrogens (tertiary/aromatic N) is 1. The molecule has 2 fully saturated rings. The van der Waals surface area contributed by atoms with E-state index in [4.69, 9.17) is 4.74 Å². The first-order chi connectivity index (χ1) is 13.0. The number of benzene rings is 1. The van der Waals surface area contributed by atoms with Crippen LogP contribution in [0.4, 0.5) is 13.2 Å². The van der Waals surface area contributed by atoms with Gasteiger partial charge in [-0.25, -0.2) is 0 Å². The Balaban J connectivity index is 1.44. The van der Waals surface area contributed by atoms with Crippen LogP contribution in [-0.2, 0) is 6.18 Å². The number of alkyl halides is 3. The van der Waals surface area contributed by atoms with Crippen molar-refractivity contribution in [1.82, 2.24) is 4.90 Å². The first kappa shape index (κ1) is 18.8. The van der Waals surface area contributed by atoms with E-state index in [9.17, 15) is 13.2 Å². The number of piperidine rings is 1. The van der Waals surface area contributed by atoms with Crippen molar-refractivity contribution in [3.63, 3.8) is 0 Å². The van der Waals surface area contributed by atoms with Crippen LogP contribution >= 0.6 is 11.3 Å². The predicted octanol–water partition coefficient (Wildman–Crippen LogP) is 5.66. The van der Waals surface area contributed by atoms with Crippen LogP contribution in [0.5, 0.6) is 5.75 Å². The van der Waals surface area contributed by atoms with Gasteiger partial charge in [-0.15, -0.1) is 0 Å². The van der Waals surface area contributed by atoms with E-state index < -0.39 is 11.7 Å². The molecule has 2 atom stereocenters. The minimum absolute atomic E-state index is 0.293. The Hall–Kier alpha value is -1.53. The fourth-order valence-corrected chi connectivity index (χ4v) is 4.72. The molecule has 1 saturated carbocycles. The molecule has 27 heavy (non-hydrogen) atoms. The first-order valence-corrected chi connectivity index (χ1v) is 10.5. The Bertz CT molecular complexity index is 742. The van der Waals surface area contributed by atoms with Crippen molar-refractivity contribution in [2.24, 2.45) is 11.8 Å². The molecule has 2 aliphatic rings. The number of hydrogen-bond donors (Lipinski definition) is 0. The normalized spacial score (nSPS) is 24.1. The molecular weight excluding hydrogens is 371 g/mol. The molecule has 1 aromatic carbocycles.